The second-order valence-corrected chi connectivity index (χ2v) is 10.7. The molecule has 4 rings (SSSR count). The first-order chi connectivity index (χ1) is 15.8. The van der Waals surface area contributed by atoms with Gasteiger partial charge in [-0.25, -0.2) is 13.2 Å². The largest absolute Gasteiger partial charge is 0.507 e. The van der Waals surface area contributed by atoms with Crippen LogP contribution in [0.25, 0.3) is 0 Å². The number of benzene rings is 2. The molecule has 33 heavy (non-hydrogen) atoms. The number of nitrogens with one attached hydrogen (secondary N) is 1. The number of sulfonamides is 1. The van der Waals surface area contributed by atoms with Crippen molar-refractivity contribution in [3.05, 3.63) is 71.5 Å². The fourth-order valence-electron chi connectivity index (χ4n) is 4.88. The molecule has 2 aliphatic rings. The number of carbonyl (C=O) groups excluding carboxylic acids is 1. The van der Waals surface area contributed by atoms with E-state index < -0.39 is 21.6 Å². The molecule has 1 aliphatic carbocycles. The molecule has 0 amide bonds. The average molecular weight is 470 g/mol. The molecule has 1 aliphatic heterocycles. The van der Waals surface area contributed by atoms with Crippen LogP contribution in [0.5, 0.6) is 0 Å². The van der Waals surface area contributed by atoms with Crippen LogP contribution in [0.3, 0.4) is 0 Å². The van der Waals surface area contributed by atoms with Gasteiger partial charge in [0.05, 0.1) is 10.5 Å². The van der Waals surface area contributed by atoms with Crippen LogP contribution in [0.15, 0.2) is 70.8 Å². The van der Waals surface area contributed by atoms with Crippen LogP contribution in [0.1, 0.15) is 63.9 Å². The quantitative estimate of drug-likeness (QED) is 0.436. The summed E-state index contributed by atoms with van der Waals surface area (Å²) in [5, 5.41) is 11.3. The van der Waals surface area contributed by atoms with Gasteiger partial charge in [0.1, 0.15) is 5.76 Å². The number of esters is 1. The maximum Gasteiger partial charge on any atom is 0.339 e. The molecule has 2 N–H and O–H groups in total. The summed E-state index contributed by atoms with van der Waals surface area (Å²) in [5.41, 5.74) is 0.604. The lowest BCUT2D eigenvalue weighted by atomic mass is 9.82. The first kappa shape index (κ1) is 23.4. The van der Waals surface area contributed by atoms with Crippen molar-refractivity contribution in [3.8, 4) is 0 Å². The third-order valence-electron chi connectivity index (χ3n) is 6.46. The Hall–Kier alpha value is -2.80. The van der Waals surface area contributed by atoms with Crippen molar-refractivity contribution in [3.63, 3.8) is 0 Å². The van der Waals surface area contributed by atoms with Gasteiger partial charge in [0.15, 0.2) is 5.60 Å². The Balaban J connectivity index is 1.70. The summed E-state index contributed by atoms with van der Waals surface area (Å²) in [6.07, 6.45) is 4.63. The third kappa shape index (κ3) is 4.64. The molecule has 176 valence electrons. The number of hydrogen-bond acceptors (Lipinski definition) is 5. The zero-order valence-electron chi connectivity index (χ0n) is 19.1. The summed E-state index contributed by atoms with van der Waals surface area (Å²) >= 11 is 0. The van der Waals surface area contributed by atoms with E-state index in [-0.39, 0.29) is 22.5 Å². The number of ether oxygens (including phenoxy) is 1. The van der Waals surface area contributed by atoms with E-state index in [0.717, 1.165) is 31.2 Å². The van der Waals surface area contributed by atoms with E-state index in [1.54, 1.807) is 36.4 Å². The molecule has 1 heterocycles. The molecule has 2 aromatic rings. The summed E-state index contributed by atoms with van der Waals surface area (Å²) in [5.74, 6) is -0.506. The Bertz CT molecular complexity index is 1150. The number of anilines is 1. The number of carbonyl (C=O) groups is 1. The molecule has 6 nitrogen and oxygen atoms in total. The fraction of sp³-hybridized carbons (Fsp3) is 0.423. The maximum absolute atomic E-state index is 13.0. The molecule has 1 saturated carbocycles. The van der Waals surface area contributed by atoms with Crippen molar-refractivity contribution in [2.24, 2.45) is 5.92 Å². The minimum atomic E-state index is -3.74. The summed E-state index contributed by atoms with van der Waals surface area (Å²) in [7, 11) is -3.74. The summed E-state index contributed by atoms with van der Waals surface area (Å²) in [6, 6.07) is 15.3. The minimum absolute atomic E-state index is 0.0587. The van der Waals surface area contributed by atoms with Gasteiger partial charge in [0, 0.05) is 11.6 Å². The molecule has 0 spiro atoms. The Labute approximate surface area is 195 Å². The predicted octanol–water partition coefficient (Wildman–Crippen LogP) is 5.69. The highest BCUT2D eigenvalue weighted by Gasteiger charge is 2.51. The van der Waals surface area contributed by atoms with Crippen molar-refractivity contribution in [2.45, 2.75) is 68.8 Å². The Morgan fingerprint density at radius 3 is 2.33 bits per heavy atom. The number of rotatable bonds is 10. The minimum Gasteiger partial charge on any atom is -0.507 e. The van der Waals surface area contributed by atoms with Crippen LogP contribution in [-0.4, -0.2) is 25.1 Å². The van der Waals surface area contributed by atoms with Gasteiger partial charge in [-0.05, 0) is 61.4 Å². The lowest BCUT2D eigenvalue weighted by Gasteiger charge is -2.27. The van der Waals surface area contributed by atoms with E-state index in [1.807, 2.05) is 19.9 Å². The first-order valence-electron chi connectivity index (χ1n) is 11.7. The second kappa shape index (κ2) is 9.21. The van der Waals surface area contributed by atoms with E-state index in [2.05, 4.69) is 4.72 Å². The summed E-state index contributed by atoms with van der Waals surface area (Å²) in [6.45, 7) is 4.02. The number of aliphatic hydroxyl groups is 1. The topological polar surface area (TPSA) is 92.7 Å². The summed E-state index contributed by atoms with van der Waals surface area (Å²) in [4.78, 5) is 13.2. The number of cyclic esters (lactones) is 1. The highest BCUT2D eigenvalue weighted by molar-refractivity contribution is 7.92. The Kier molecular flexibility index (Phi) is 6.52. The summed E-state index contributed by atoms with van der Waals surface area (Å²) < 4.78 is 34.0. The monoisotopic (exact) mass is 469 g/mol. The van der Waals surface area contributed by atoms with Gasteiger partial charge >= 0.3 is 5.97 Å². The molecule has 1 atom stereocenters. The molecule has 0 radical (unpaired) electrons. The normalized spacial score (nSPS) is 18.8. The van der Waals surface area contributed by atoms with Gasteiger partial charge in [-0.1, -0.05) is 57.0 Å². The van der Waals surface area contributed by atoms with Crippen LogP contribution >= 0.6 is 0 Å². The van der Waals surface area contributed by atoms with E-state index >= 15 is 0 Å². The first-order valence-corrected chi connectivity index (χ1v) is 13.1. The van der Waals surface area contributed by atoms with Gasteiger partial charge in [0.25, 0.3) is 10.0 Å². The fourth-order valence-corrected chi connectivity index (χ4v) is 5.95. The third-order valence-corrected chi connectivity index (χ3v) is 7.86. The molecular formula is C26H31NO5S. The van der Waals surface area contributed by atoms with E-state index in [1.165, 1.54) is 12.1 Å². The van der Waals surface area contributed by atoms with Crippen molar-refractivity contribution in [2.75, 3.05) is 4.72 Å². The van der Waals surface area contributed by atoms with Crippen molar-refractivity contribution in [1.29, 1.82) is 0 Å². The lowest BCUT2D eigenvalue weighted by Crippen LogP contribution is -2.31. The lowest BCUT2D eigenvalue weighted by molar-refractivity contribution is -0.149. The zero-order valence-corrected chi connectivity index (χ0v) is 19.9. The molecule has 1 fully saturated rings. The molecule has 7 heteroatoms. The second-order valence-electron chi connectivity index (χ2n) is 9.01. The van der Waals surface area contributed by atoms with Gasteiger partial charge in [-0.3, -0.25) is 4.72 Å². The van der Waals surface area contributed by atoms with Crippen LogP contribution in [0.2, 0.25) is 0 Å². The predicted molar refractivity (Wildman–Crippen MR) is 127 cm³/mol. The molecular weight excluding hydrogens is 438 g/mol. The molecule has 2 aromatic carbocycles. The molecule has 0 aromatic heterocycles. The van der Waals surface area contributed by atoms with Crippen LogP contribution in [0.4, 0.5) is 5.69 Å². The van der Waals surface area contributed by atoms with Crippen molar-refractivity contribution in [1.82, 2.24) is 0 Å². The smallest absolute Gasteiger partial charge is 0.339 e. The Morgan fingerprint density at radius 2 is 1.73 bits per heavy atom. The zero-order chi connectivity index (χ0) is 23.6. The highest BCUT2D eigenvalue weighted by Crippen LogP contribution is 2.52. The van der Waals surface area contributed by atoms with E-state index in [9.17, 15) is 18.3 Å². The van der Waals surface area contributed by atoms with Crippen molar-refractivity contribution < 1.29 is 23.1 Å². The maximum atomic E-state index is 13.0. The standard InChI is InChI=1S/C26H31NO5S/c1-3-15-26(16-4-2)24(28)23(25(29)32-26)22(18-13-14-18)19-9-8-10-20(17-19)27-33(30,31)21-11-6-5-7-12-21/h5-12,17-18,22,27-28H,3-4,13-16H2,1-2H3. The van der Waals surface area contributed by atoms with Crippen LogP contribution < -0.4 is 4.72 Å². The molecule has 0 bridgehead atoms. The van der Waals surface area contributed by atoms with E-state index in [0.29, 0.717) is 24.1 Å². The van der Waals surface area contributed by atoms with Crippen molar-refractivity contribution >= 4 is 21.7 Å². The van der Waals surface area contributed by atoms with Gasteiger partial charge in [-0.2, -0.15) is 0 Å². The molecule has 1 unspecified atom stereocenters. The Morgan fingerprint density at radius 1 is 1.06 bits per heavy atom. The average Bonchev–Trinajstić information content (AvgIpc) is 3.59. The van der Waals surface area contributed by atoms with E-state index in [4.69, 9.17) is 4.74 Å². The highest BCUT2D eigenvalue weighted by atomic mass is 32.2. The van der Waals surface area contributed by atoms with Gasteiger partial charge < -0.3 is 9.84 Å². The van der Waals surface area contributed by atoms with Gasteiger partial charge in [-0.15, -0.1) is 0 Å². The SMILES string of the molecule is CCCC1(CCC)OC(=O)C(C(c2cccc(NS(=O)(=O)c3ccccc3)c2)C2CC2)=C1O. The van der Waals surface area contributed by atoms with Gasteiger partial charge in [0.2, 0.25) is 0 Å². The number of aliphatic hydroxyl groups excluding tert-OH is 1. The van der Waals surface area contributed by atoms with Crippen LogP contribution in [0, 0.1) is 5.92 Å². The van der Waals surface area contributed by atoms with Crippen LogP contribution in [-0.2, 0) is 19.6 Å². The number of hydrogen-bond donors (Lipinski definition) is 2. The molecule has 0 saturated heterocycles.